The number of nitrogens with zero attached hydrogens (tertiary/aromatic N) is 2. The minimum absolute atomic E-state index is 0.0101. The molecule has 164 valence electrons. The minimum atomic E-state index is -4.68. The fourth-order valence-corrected chi connectivity index (χ4v) is 3.97. The Labute approximate surface area is 171 Å². The number of nitrogens with two attached hydrogens (primary N) is 1. The first-order valence-electron chi connectivity index (χ1n) is 9.49. The Morgan fingerprint density at radius 1 is 1.23 bits per heavy atom. The van der Waals surface area contributed by atoms with Gasteiger partial charge in [-0.3, -0.25) is 14.5 Å². The van der Waals surface area contributed by atoms with Crippen molar-refractivity contribution in [1.82, 2.24) is 4.90 Å². The maximum Gasteiger partial charge on any atom is 0.403 e. The summed E-state index contributed by atoms with van der Waals surface area (Å²) in [5.74, 6) is -2.39. The molecule has 0 spiro atoms. The predicted octanol–water partition coefficient (Wildman–Crippen LogP) is 3.52. The van der Waals surface area contributed by atoms with Crippen LogP contribution >= 0.6 is 0 Å². The number of hydrogen-bond donors (Lipinski definition) is 2. The molecule has 1 aliphatic carbocycles. The van der Waals surface area contributed by atoms with Crippen LogP contribution in [0.1, 0.15) is 45.6 Å². The Hall–Kier alpha value is -2.65. The predicted molar refractivity (Wildman–Crippen MR) is 103 cm³/mol. The van der Waals surface area contributed by atoms with Gasteiger partial charge in [-0.25, -0.2) is 9.38 Å². The standard InChI is InChI=1S/C20H24F4N4O2/c1-17(2)15(30)28(4)16(25)27-18(17,3)12-10-11(6-7-13(12)21)26-14(29)19(8-5-9-19)20(22,23)24/h6-7,10H,5,8-9H2,1-4H3,(H2,25,27)(H,26,29)/t18-/m1/s1. The van der Waals surface area contributed by atoms with E-state index >= 15 is 0 Å². The molecule has 1 atom stereocenters. The summed E-state index contributed by atoms with van der Waals surface area (Å²) in [6.07, 6.45) is -4.95. The molecular formula is C20H24F4N4O2. The number of aliphatic imine (C=N–C) groups is 1. The third kappa shape index (κ3) is 2.95. The van der Waals surface area contributed by atoms with Crippen LogP contribution in [0.2, 0.25) is 0 Å². The number of carbonyl (C=O) groups is 2. The van der Waals surface area contributed by atoms with Crippen LogP contribution in [-0.2, 0) is 15.1 Å². The number of alkyl halides is 3. The van der Waals surface area contributed by atoms with E-state index in [2.05, 4.69) is 10.3 Å². The SMILES string of the molecule is CN1C(=O)C(C)(C)[C@@](C)(c2cc(NC(=O)C3(C(F)(F)F)CCC3)ccc2F)N=C1N. The summed E-state index contributed by atoms with van der Waals surface area (Å²) in [5.41, 5.74) is 0.691. The number of anilines is 1. The molecule has 1 fully saturated rings. The maximum absolute atomic E-state index is 14.8. The van der Waals surface area contributed by atoms with Crippen molar-refractivity contribution in [3.05, 3.63) is 29.6 Å². The molecular weight excluding hydrogens is 404 g/mol. The van der Waals surface area contributed by atoms with Crippen molar-refractivity contribution < 1.29 is 27.2 Å². The minimum Gasteiger partial charge on any atom is -0.369 e. The summed E-state index contributed by atoms with van der Waals surface area (Å²) in [6, 6.07) is 3.43. The summed E-state index contributed by atoms with van der Waals surface area (Å²) in [5, 5.41) is 2.27. The topological polar surface area (TPSA) is 87.8 Å². The van der Waals surface area contributed by atoms with Gasteiger partial charge in [-0.05, 0) is 51.8 Å². The van der Waals surface area contributed by atoms with Crippen LogP contribution in [0.25, 0.3) is 0 Å². The highest BCUT2D eigenvalue weighted by atomic mass is 19.4. The third-order valence-corrected chi connectivity index (χ3v) is 6.67. The van der Waals surface area contributed by atoms with Crippen molar-refractivity contribution in [1.29, 1.82) is 0 Å². The fraction of sp³-hybridized carbons (Fsp3) is 0.550. The Balaban J connectivity index is 2.02. The number of nitrogens with one attached hydrogen (secondary N) is 1. The van der Waals surface area contributed by atoms with Crippen LogP contribution in [0.3, 0.4) is 0 Å². The Morgan fingerprint density at radius 2 is 1.83 bits per heavy atom. The average Bonchev–Trinajstić information content (AvgIpc) is 2.58. The zero-order chi connectivity index (χ0) is 22.7. The molecule has 0 bridgehead atoms. The molecule has 3 rings (SSSR count). The number of guanidine groups is 1. The average molecular weight is 428 g/mol. The van der Waals surface area contributed by atoms with Crippen LogP contribution in [-0.4, -0.2) is 35.9 Å². The molecule has 2 aliphatic rings. The van der Waals surface area contributed by atoms with Crippen molar-refractivity contribution in [2.45, 2.75) is 51.7 Å². The summed E-state index contributed by atoms with van der Waals surface area (Å²) >= 11 is 0. The van der Waals surface area contributed by atoms with Crippen LogP contribution < -0.4 is 11.1 Å². The molecule has 3 N–H and O–H groups in total. The lowest BCUT2D eigenvalue weighted by Crippen LogP contribution is -2.58. The van der Waals surface area contributed by atoms with Gasteiger partial charge in [0.15, 0.2) is 5.96 Å². The molecule has 0 saturated heterocycles. The van der Waals surface area contributed by atoms with Crippen LogP contribution in [0, 0.1) is 16.6 Å². The van der Waals surface area contributed by atoms with Crippen molar-refractivity contribution in [2.24, 2.45) is 21.6 Å². The summed E-state index contributed by atoms with van der Waals surface area (Å²) < 4.78 is 55.1. The van der Waals surface area contributed by atoms with Gasteiger partial charge in [-0.15, -0.1) is 0 Å². The summed E-state index contributed by atoms with van der Waals surface area (Å²) in [7, 11) is 1.45. The molecule has 6 nitrogen and oxygen atoms in total. The van der Waals surface area contributed by atoms with Crippen LogP contribution in [0.5, 0.6) is 0 Å². The molecule has 1 aromatic carbocycles. The lowest BCUT2D eigenvalue weighted by atomic mass is 9.67. The lowest BCUT2D eigenvalue weighted by molar-refractivity contribution is -0.240. The maximum atomic E-state index is 14.8. The van der Waals surface area contributed by atoms with E-state index in [4.69, 9.17) is 5.73 Å². The fourth-order valence-electron chi connectivity index (χ4n) is 3.97. The largest absolute Gasteiger partial charge is 0.403 e. The highest BCUT2D eigenvalue weighted by Crippen LogP contribution is 2.54. The first-order chi connectivity index (χ1) is 13.7. The van der Waals surface area contributed by atoms with Gasteiger partial charge < -0.3 is 11.1 Å². The first-order valence-corrected chi connectivity index (χ1v) is 9.49. The molecule has 2 amide bonds. The molecule has 1 aliphatic heterocycles. The van der Waals surface area contributed by atoms with Crippen LogP contribution in [0.15, 0.2) is 23.2 Å². The van der Waals surface area contributed by atoms with Gasteiger partial charge in [0.1, 0.15) is 16.8 Å². The van der Waals surface area contributed by atoms with Gasteiger partial charge in [0.25, 0.3) is 0 Å². The van der Waals surface area contributed by atoms with Crippen molar-refractivity contribution in [3.8, 4) is 0 Å². The highest BCUT2D eigenvalue weighted by molar-refractivity contribution is 6.02. The third-order valence-electron chi connectivity index (χ3n) is 6.67. The van der Waals surface area contributed by atoms with Crippen molar-refractivity contribution in [2.75, 3.05) is 12.4 Å². The van der Waals surface area contributed by atoms with E-state index in [-0.39, 0.29) is 30.1 Å². The van der Waals surface area contributed by atoms with Gasteiger partial charge in [0.2, 0.25) is 11.8 Å². The number of amides is 2. The van der Waals surface area contributed by atoms with Gasteiger partial charge in [-0.1, -0.05) is 6.42 Å². The number of benzene rings is 1. The molecule has 30 heavy (non-hydrogen) atoms. The zero-order valence-corrected chi connectivity index (χ0v) is 17.2. The number of carbonyl (C=O) groups excluding carboxylic acids is 2. The smallest absolute Gasteiger partial charge is 0.369 e. The molecule has 1 saturated carbocycles. The van der Waals surface area contributed by atoms with E-state index in [1.165, 1.54) is 26.1 Å². The normalized spacial score (nSPS) is 25.4. The second-order valence-corrected chi connectivity index (χ2v) is 8.61. The monoisotopic (exact) mass is 428 g/mol. The Bertz CT molecular complexity index is 937. The van der Waals surface area contributed by atoms with Gasteiger partial charge in [0, 0.05) is 18.3 Å². The van der Waals surface area contributed by atoms with E-state index in [9.17, 15) is 27.2 Å². The number of hydrogen-bond acceptors (Lipinski definition) is 4. The quantitative estimate of drug-likeness (QED) is 0.722. The van der Waals surface area contributed by atoms with Crippen LogP contribution in [0.4, 0.5) is 23.2 Å². The lowest BCUT2D eigenvalue weighted by Gasteiger charge is -2.46. The molecule has 1 heterocycles. The number of halogens is 4. The Morgan fingerprint density at radius 3 is 2.33 bits per heavy atom. The summed E-state index contributed by atoms with van der Waals surface area (Å²) in [4.78, 5) is 30.7. The van der Waals surface area contributed by atoms with Gasteiger partial charge >= 0.3 is 6.18 Å². The molecule has 1 aromatic rings. The molecule has 0 aromatic heterocycles. The molecule has 0 radical (unpaired) electrons. The first kappa shape index (κ1) is 22.0. The van der Waals surface area contributed by atoms with Gasteiger partial charge in [-0.2, -0.15) is 13.2 Å². The second kappa shape index (κ2) is 6.68. The zero-order valence-electron chi connectivity index (χ0n) is 17.2. The Kier molecular flexibility index (Phi) is 4.91. The van der Waals surface area contributed by atoms with E-state index in [1.54, 1.807) is 13.8 Å². The van der Waals surface area contributed by atoms with Crippen molar-refractivity contribution >= 4 is 23.5 Å². The van der Waals surface area contributed by atoms with E-state index < -0.39 is 40.2 Å². The highest BCUT2D eigenvalue weighted by Gasteiger charge is 2.63. The van der Waals surface area contributed by atoms with E-state index in [0.29, 0.717) is 6.42 Å². The molecule has 0 unspecified atom stereocenters. The van der Waals surface area contributed by atoms with Crippen molar-refractivity contribution in [3.63, 3.8) is 0 Å². The molecule has 10 heteroatoms. The second-order valence-electron chi connectivity index (χ2n) is 8.61. The van der Waals surface area contributed by atoms with E-state index in [0.717, 1.165) is 11.0 Å². The van der Waals surface area contributed by atoms with Gasteiger partial charge in [0.05, 0.1) is 5.41 Å². The summed E-state index contributed by atoms with van der Waals surface area (Å²) in [6.45, 7) is 4.69. The van der Waals surface area contributed by atoms with E-state index in [1.807, 2.05) is 0 Å². The number of rotatable bonds is 3.